The zero-order valence-electron chi connectivity index (χ0n) is 12.7. The van der Waals surface area contributed by atoms with E-state index in [9.17, 15) is 9.18 Å². The highest BCUT2D eigenvalue weighted by Gasteiger charge is 2.18. The first-order valence-electron chi connectivity index (χ1n) is 7.14. The number of hydrogen-bond acceptors (Lipinski definition) is 4. The lowest BCUT2D eigenvalue weighted by atomic mass is 10.2. The van der Waals surface area contributed by atoms with Crippen LogP contribution in [0.15, 0.2) is 51.4 Å². The van der Waals surface area contributed by atoms with Gasteiger partial charge in [-0.15, -0.1) is 5.10 Å². The van der Waals surface area contributed by atoms with Gasteiger partial charge in [-0.1, -0.05) is 43.1 Å². The molecule has 0 aliphatic carbocycles. The highest BCUT2D eigenvalue weighted by molar-refractivity contribution is 9.10. The number of nitrogens with zero attached hydrogens (tertiary/aromatic N) is 3. The first-order valence-corrected chi connectivity index (χ1v) is 8.72. The second kappa shape index (κ2) is 7.32. The number of rotatable bonds is 4. The summed E-state index contributed by atoms with van der Waals surface area (Å²) < 4.78 is 16.7. The molecular formula is C16H12Br2FN5O. The molecule has 128 valence electrons. The van der Waals surface area contributed by atoms with Crippen LogP contribution in [-0.2, 0) is 6.54 Å². The molecule has 0 spiro atoms. The molecule has 3 aromatic rings. The van der Waals surface area contributed by atoms with Crippen LogP contribution in [0.3, 0.4) is 0 Å². The lowest BCUT2D eigenvalue weighted by Crippen LogP contribution is -2.15. The topological polar surface area (TPSA) is 85.8 Å². The largest absolute Gasteiger partial charge is 0.382 e. The van der Waals surface area contributed by atoms with Crippen molar-refractivity contribution in [2.75, 3.05) is 11.1 Å². The summed E-state index contributed by atoms with van der Waals surface area (Å²) >= 11 is 6.52. The van der Waals surface area contributed by atoms with Crippen molar-refractivity contribution < 1.29 is 9.18 Å². The number of nitrogen functional groups attached to an aromatic ring is 1. The Morgan fingerprint density at radius 3 is 2.52 bits per heavy atom. The van der Waals surface area contributed by atoms with Crippen LogP contribution >= 0.6 is 31.9 Å². The summed E-state index contributed by atoms with van der Waals surface area (Å²) in [5.74, 6) is -0.815. The van der Waals surface area contributed by atoms with Crippen LogP contribution in [0, 0.1) is 5.82 Å². The van der Waals surface area contributed by atoms with Crippen LogP contribution in [0.2, 0.25) is 0 Å². The first-order chi connectivity index (χ1) is 11.9. The molecule has 1 aromatic heterocycles. The highest BCUT2D eigenvalue weighted by Crippen LogP contribution is 2.19. The summed E-state index contributed by atoms with van der Waals surface area (Å²) in [4.78, 5) is 12.3. The molecule has 0 unspecified atom stereocenters. The molecule has 0 aliphatic heterocycles. The SMILES string of the molecule is Nc1c(C(=O)Nc2ccc(Br)cc2)nnn1Cc1ccc(Br)cc1F. The Balaban J connectivity index is 1.78. The molecule has 3 rings (SSSR count). The van der Waals surface area contributed by atoms with Crippen molar-refractivity contribution in [3.8, 4) is 0 Å². The van der Waals surface area contributed by atoms with Crippen molar-refractivity contribution >= 4 is 49.3 Å². The van der Waals surface area contributed by atoms with Gasteiger partial charge in [0.2, 0.25) is 0 Å². The summed E-state index contributed by atoms with van der Waals surface area (Å²) in [6.45, 7) is 0.0729. The van der Waals surface area contributed by atoms with Crippen LogP contribution in [0.1, 0.15) is 16.1 Å². The molecule has 6 nitrogen and oxygen atoms in total. The quantitative estimate of drug-likeness (QED) is 0.609. The average molecular weight is 469 g/mol. The Bertz CT molecular complexity index is 927. The number of amides is 1. The Morgan fingerprint density at radius 1 is 1.16 bits per heavy atom. The van der Waals surface area contributed by atoms with Gasteiger partial charge >= 0.3 is 0 Å². The number of nitrogens with one attached hydrogen (secondary N) is 1. The maximum atomic E-state index is 13.9. The van der Waals surface area contributed by atoms with Crippen LogP contribution < -0.4 is 11.1 Å². The van der Waals surface area contributed by atoms with E-state index in [-0.39, 0.29) is 18.1 Å². The normalized spacial score (nSPS) is 10.7. The van der Waals surface area contributed by atoms with E-state index in [0.29, 0.717) is 15.7 Å². The summed E-state index contributed by atoms with van der Waals surface area (Å²) in [5.41, 5.74) is 6.92. The predicted octanol–water partition coefficient (Wildman–Crippen LogP) is 3.83. The molecule has 2 aromatic carbocycles. The van der Waals surface area contributed by atoms with Gasteiger partial charge in [0.25, 0.3) is 5.91 Å². The summed E-state index contributed by atoms with van der Waals surface area (Å²) in [6.07, 6.45) is 0. The minimum absolute atomic E-state index is 0.0135. The molecule has 0 radical (unpaired) electrons. The molecule has 0 fully saturated rings. The van der Waals surface area contributed by atoms with E-state index in [0.717, 1.165) is 4.47 Å². The second-order valence-electron chi connectivity index (χ2n) is 5.18. The summed E-state index contributed by atoms with van der Waals surface area (Å²) in [5, 5.41) is 10.3. The number of hydrogen-bond donors (Lipinski definition) is 2. The van der Waals surface area contributed by atoms with Gasteiger partial charge in [-0.2, -0.15) is 0 Å². The van der Waals surface area contributed by atoms with Gasteiger partial charge in [0.15, 0.2) is 11.5 Å². The van der Waals surface area contributed by atoms with Gasteiger partial charge in [0, 0.05) is 20.2 Å². The lowest BCUT2D eigenvalue weighted by molar-refractivity contribution is 0.102. The van der Waals surface area contributed by atoms with E-state index < -0.39 is 11.7 Å². The third-order valence-electron chi connectivity index (χ3n) is 3.43. The predicted molar refractivity (Wildman–Crippen MR) is 99.7 cm³/mol. The van der Waals surface area contributed by atoms with Crippen LogP contribution in [0.25, 0.3) is 0 Å². The summed E-state index contributed by atoms with van der Waals surface area (Å²) in [7, 11) is 0. The van der Waals surface area contributed by atoms with Crippen molar-refractivity contribution in [1.82, 2.24) is 15.0 Å². The van der Waals surface area contributed by atoms with Gasteiger partial charge in [-0.25, -0.2) is 9.07 Å². The zero-order chi connectivity index (χ0) is 18.0. The van der Waals surface area contributed by atoms with E-state index in [1.165, 1.54) is 10.7 Å². The van der Waals surface area contributed by atoms with Crippen molar-refractivity contribution in [2.45, 2.75) is 6.54 Å². The van der Waals surface area contributed by atoms with Crippen molar-refractivity contribution in [1.29, 1.82) is 0 Å². The fraction of sp³-hybridized carbons (Fsp3) is 0.0625. The monoisotopic (exact) mass is 467 g/mol. The lowest BCUT2D eigenvalue weighted by Gasteiger charge is -2.06. The van der Waals surface area contributed by atoms with Crippen molar-refractivity contribution in [3.05, 3.63) is 68.5 Å². The maximum absolute atomic E-state index is 13.9. The number of benzene rings is 2. The fourth-order valence-corrected chi connectivity index (χ4v) is 2.73. The third kappa shape index (κ3) is 4.05. The Labute approximate surface area is 159 Å². The number of halogens is 3. The third-order valence-corrected chi connectivity index (χ3v) is 4.45. The van der Waals surface area contributed by atoms with Gasteiger partial charge in [-0.05, 0) is 36.4 Å². The molecule has 1 heterocycles. The number of aromatic nitrogens is 3. The molecule has 0 aliphatic rings. The van der Waals surface area contributed by atoms with Gasteiger partial charge < -0.3 is 11.1 Å². The first kappa shape index (κ1) is 17.6. The second-order valence-corrected chi connectivity index (χ2v) is 7.01. The zero-order valence-corrected chi connectivity index (χ0v) is 15.9. The van der Waals surface area contributed by atoms with Gasteiger partial charge in [-0.3, -0.25) is 4.79 Å². The highest BCUT2D eigenvalue weighted by atomic mass is 79.9. The average Bonchev–Trinajstić information content (AvgIpc) is 2.93. The Hall–Kier alpha value is -2.26. The molecular weight excluding hydrogens is 457 g/mol. The number of carbonyl (C=O) groups is 1. The van der Waals surface area contributed by atoms with E-state index in [1.807, 2.05) is 0 Å². The van der Waals surface area contributed by atoms with E-state index in [2.05, 4.69) is 47.5 Å². The number of carbonyl (C=O) groups excluding carboxylic acids is 1. The molecule has 0 saturated heterocycles. The number of nitrogens with two attached hydrogens (primary N) is 1. The fourth-order valence-electron chi connectivity index (χ4n) is 2.13. The molecule has 9 heteroatoms. The molecule has 0 atom stereocenters. The number of anilines is 2. The van der Waals surface area contributed by atoms with E-state index in [4.69, 9.17) is 5.73 Å². The van der Waals surface area contributed by atoms with E-state index >= 15 is 0 Å². The van der Waals surface area contributed by atoms with E-state index in [1.54, 1.807) is 36.4 Å². The molecule has 3 N–H and O–H groups in total. The molecule has 0 saturated carbocycles. The van der Waals surface area contributed by atoms with Gasteiger partial charge in [0.1, 0.15) is 5.82 Å². The minimum atomic E-state index is -0.484. The van der Waals surface area contributed by atoms with Gasteiger partial charge in [0.05, 0.1) is 6.54 Å². The van der Waals surface area contributed by atoms with Crippen molar-refractivity contribution in [3.63, 3.8) is 0 Å². The molecule has 25 heavy (non-hydrogen) atoms. The molecule has 1 amide bonds. The Kier molecular flexibility index (Phi) is 5.14. The maximum Gasteiger partial charge on any atom is 0.280 e. The van der Waals surface area contributed by atoms with Crippen LogP contribution in [0.4, 0.5) is 15.9 Å². The van der Waals surface area contributed by atoms with Crippen LogP contribution in [0.5, 0.6) is 0 Å². The molecule has 0 bridgehead atoms. The minimum Gasteiger partial charge on any atom is -0.382 e. The van der Waals surface area contributed by atoms with Crippen LogP contribution in [-0.4, -0.2) is 20.9 Å². The standard InChI is InChI=1S/C16H12Br2FN5O/c17-10-3-5-12(6-4-10)21-16(25)14-15(20)24(23-22-14)8-9-1-2-11(18)7-13(9)19/h1-7H,8,20H2,(H,21,25). The smallest absolute Gasteiger partial charge is 0.280 e. The summed E-state index contributed by atoms with van der Waals surface area (Å²) in [6, 6.07) is 11.7. The van der Waals surface area contributed by atoms with Crippen molar-refractivity contribution in [2.24, 2.45) is 0 Å². The Morgan fingerprint density at radius 2 is 1.84 bits per heavy atom.